The smallest absolute Gasteiger partial charge is 0.175 e. The highest BCUT2D eigenvalue weighted by Crippen LogP contribution is 2.29. The number of hydrogen-bond acceptors (Lipinski definition) is 4. The number of hydrogen-bond donors (Lipinski definition) is 2. The Balaban J connectivity index is 1.97. The van der Waals surface area contributed by atoms with E-state index in [1.54, 1.807) is 12.1 Å². The lowest BCUT2D eigenvalue weighted by Gasteiger charge is -2.25. The van der Waals surface area contributed by atoms with Crippen molar-refractivity contribution >= 4 is 9.84 Å². The molecule has 1 aromatic rings. The summed E-state index contributed by atoms with van der Waals surface area (Å²) in [6.07, 6.45) is 5.12. The molecule has 1 unspecified atom stereocenters. The molecular weight excluding hydrogens is 274 g/mol. The maximum atomic E-state index is 11.4. The third kappa shape index (κ3) is 3.81. The van der Waals surface area contributed by atoms with Gasteiger partial charge >= 0.3 is 0 Å². The molecule has 1 aliphatic carbocycles. The van der Waals surface area contributed by atoms with Crippen molar-refractivity contribution < 1.29 is 13.5 Å². The first-order valence-electron chi connectivity index (χ1n) is 7.06. The summed E-state index contributed by atoms with van der Waals surface area (Å²) in [4.78, 5) is 0.336. The fourth-order valence-electron chi connectivity index (χ4n) is 2.67. The highest BCUT2D eigenvalue weighted by atomic mass is 32.2. The zero-order chi connectivity index (χ0) is 14.8. The third-order valence-electron chi connectivity index (χ3n) is 4.08. The monoisotopic (exact) mass is 297 g/mol. The van der Waals surface area contributed by atoms with Crippen LogP contribution in [0.25, 0.3) is 0 Å². The average molecular weight is 297 g/mol. The predicted octanol–water partition coefficient (Wildman–Crippen LogP) is 2.05. The van der Waals surface area contributed by atoms with E-state index in [2.05, 4.69) is 5.32 Å². The van der Waals surface area contributed by atoms with Gasteiger partial charge in [-0.3, -0.25) is 0 Å². The molecule has 20 heavy (non-hydrogen) atoms. The van der Waals surface area contributed by atoms with E-state index in [9.17, 15) is 13.5 Å². The largest absolute Gasteiger partial charge is 0.389 e. The molecular formula is C15H23NO3S. The van der Waals surface area contributed by atoms with Crippen molar-refractivity contribution in [3.05, 3.63) is 29.8 Å². The van der Waals surface area contributed by atoms with Crippen molar-refractivity contribution in [2.75, 3.05) is 12.8 Å². The lowest BCUT2D eigenvalue weighted by atomic mass is 10.0. The Bertz CT molecular complexity index is 545. The first kappa shape index (κ1) is 15.5. The van der Waals surface area contributed by atoms with E-state index >= 15 is 0 Å². The molecule has 1 saturated carbocycles. The van der Waals surface area contributed by atoms with Gasteiger partial charge in [-0.05, 0) is 37.5 Å². The van der Waals surface area contributed by atoms with E-state index in [0.29, 0.717) is 11.4 Å². The van der Waals surface area contributed by atoms with Crippen molar-refractivity contribution in [2.45, 2.75) is 49.1 Å². The molecule has 0 spiro atoms. The molecule has 0 radical (unpaired) electrons. The van der Waals surface area contributed by atoms with E-state index in [1.807, 2.05) is 19.1 Å². The topological polar surface area (TPSA) is 66.4 Å². The van der Waals surface area contributed by atoms with E-state index in [1.165, 1.54) is 6.26 Å². The van der Waals surface area contributed by atoms with E-state index in [4.69, 9.17) is 0 Å². The van der Waals surface area contributed by atoms with Crippen LogP contribution in [0, 0.1) is 0 Å². The lowest BCUT2D eigenvalue weighted by Crippen LogP contribution is -2.39. The molecule has 1 aromatic carbocycles. The number of rotatable bonds is 5. The Morgan fingerprint density at radius 1 is 1.25 bits per heavy atom. The first-order valence-corrected chi connectivity index (χ1v) is 8.95. The van der Waals surface area contributed by atoms with Crippen LogP contribution in [0.2, 0.25) is 0 Å². The van der Waals surface area contributed by atoms with Crippen LogP contribution >= 0.6 is 0 Å². The van der Waals surface area contributed by atoms with Gasteiger partial charge in [-0.1, -0.05) is 25.0 Å². The van der Waals surface area contributed by atoms with Crippen LogP contribution in [-0.4, -0.2) is 31.9 Å². The molecule has 0 heterocycles. The summed E-state index contributed by atoms with van der Waals surface area (Å²) in [5.41, 5.74) is 0.458. The van der Waals surface area contributed by atoms with Crippen molar-refractivity contribution in [3.8, 4) is 0 Å². The first-order chi connectivity index (χ1) is 9.30. The second-order valence-electron chi connectivity index (χ2n) is 5.88. The number of nitrogens with one attached hydrogen (secondary N) is 1. The zero-order valence-electron chi connectivity index (χ0n) is 12.1. The Hall–Kier alpha value is -0.910. The Morgan fingerprint density at radius 2 is 1.80 bits per heavy atom. The van der Waals surface area contributed by atoms with Crippen LogP contribution in [0.1, 0.15) is 44.2 Å². The third-order valence-corrected chi connectivity index (χ3v) is 5.21. The van der Waals surface area contributed by atoms with Gasteiger partial charge in [0, 0.05) is 18.8 Å². The zero-order valence-corrected chi connectivity index (χ0v) is 12.9. The highest BCUT2D eigenvalue weighted by molar-refractivity contribution is 7.90. The summed E-state index contributed by atoms with van der Waals surface area (Å²) in [6.45, 7) is 2.61. The van der Waals surface area contributed by atoms with Crippen molar-refractivity contribution in [1.82, 2.24) is 5.32 Å². The van der Waals surface area contributed by atoms with Crippen LogP contribution in [0.3, 0.4) is 0 Å². The van der Waals surface area contributed by atoms with Crippen LogP contribution in [-0.2, 0) is 9.84 Å². The van der Waals surface area contributed by atoms with Gasteiger partial charge in [0.15, 0.2) is 9.84 Å². The van der Waals surface area contributed by atoms with Gasteiger partial charge < -0.3 is 10.4 Å². The summed E-state index contributed by atoms with van der Waals surface area (Å²) in [5.74, 6) is 0. The summed E-state index contributed by atoms with van der Waals surface area (Å²) in [7, 11) is -3.14. The Morgan fingerprint density at radius 3 is 2.30 bits per heavy atom. The van der Waals surface area contributed by atoms with E-state index in [0.717, 1.165) is 31.2 Å². The van der Waals surface area contributed by atoms with Crippen LogP contribution in [0.5, 0.6) is 0 Å². The second kappa shape index (κ2) is 5.84. The standard InChI is InChI=1S/C15H23NO3S/c1-12(16-11-15(17)9-3-4-10-15)13-5-7-14(8-6-13)20(2,18)19/h5-8,12,16-17H,3-4,9-11H2,1-2H3. The molecule has 4 nitrogen and oxygen atoms in total. The molecule has 0 aromatic heterocycles. The molecule has 1 fully saturated rings. The van der Waals surface area contributed by atoms with Gasteiger partial charge in [0.05, 0.1) is 10.5 Å². The van der Waals surface area contributed by atoms with Gasteiger partial charge in [0.2, 0.25) is 0 Å². The van der Waals surface area contributed by atoms with Gasteiger partial charge in [0.1, 0.15) is 0 Å². The van der Waals surface area contributed by atoms with Crippen LogP contribution < -0.4 is 5.32 Å². The minimum atomic E-state index is -3.14. The van der Waals surface area contributed by atoms with Gasteiger partial charge in [-0.2, -0.15) is 0 Å². The Kier molecular flexibility index (Phi) is 4.52. The molecule has 0 amide bonds. The maximum absolute atomic E-state index is 11.4. The second-order valence-corrected chi connectivity index (χ2v) is 7.89. The fraction of sp³-hybridized carbons (Fsp3) is 0.600. The summed E-state index contributed by atoms with van der Waals surface area (Å²) in [5, 5.41) is 13.6. The Labute approximate surface area is 121 Å². The molecule has 0 saturated heterocycles. The van der Waals surface area contributed by atoms with E-state index < -0.39 is 15.4 Å². The summed E-state index contributed by atoms with van der Waals surface area (Å²) in [6, 6.07) is 7.01. The summed E-state index contributed by atoms with van der Waals surface area (Å²) >= 11 is 0. The normalized spacial score (nSPS) is 19.9. The molecule has 1 aliphatic rings. The minimum absolute atomic E-state index is 0.0910. The van der Waals surface area contributed by atoms with Gasteiger partial charge in [0.25, 0.3) is 0 Å². The van der Waals surface area contributed by atoms with E-state index in [-0.39, 0.29) is 6.04 Å². The van der Waals surface area contributed by atoms with Gasteiger partial charge in [-0.15, -0.1) is 0 Å². The molecule has 2 N–H and O–H groups in total. The number of benzene rings is 1. The van der Waals surface area contributed by atoms with Crippen LogP contribution in [0.4, 0.5) is 0 Å². The highest BCUT2D eigenvalue weighted by Gasteiger charge is 2.31. The molecule has 0 bridgehead atoms. The predicted molar refractivity (Wildman–Crippen MR) is 79.4 cm³/mol. The van der Waals surface area contributed by atoms with Gasteiger partial charge in [-0.25, -0.2) is 8.42 Å². The molecule has 0 aliphatic heterocycles. The number of sulfone groups is 1. The van der Waals surface area contributed by atoms with Crippen LogP contribution in [0.15, 0.2) is 29.2 Å². The average Bonchev–Trinajstić information content (AvgIpc) is 2.83. The molecule has 2 rings (SSSR count). The molecule has 5 heteroatoms. The minimum Gasteiger partial charge on any atom is -0.389 e. The fourth-order valence-corrected chi connectivity index (χ4v) is 3.30. The summed E-state index contributed by atoms with van der Waals surface area (Å²) < 4.78 is 22.8. The number of aliphatic hydroxyl groups is 1. The van der Waals surface area contributed by atoms with Crippen molar-refractivity contribution in [3.63, 3.8) is 0 Å². The molecule has 112 valence electrons. The maximum Gasteiger partial charge on any atom is 0.175 e. The SMILES string of the molecule is CC(NCC1(O)CCCC1)c1ccc(S(C)(=O)=O)cc1. The van der Waals surface area contributed by atoms with Crippen molar-refractivity contribution in [2.24, 2.45) is 0 Å². The van der Waals surface area contributed by atoms with Crippen molar-refractivity contribution in [1.29, 1.82) is 0 Å². The lowest BCUT2D eigenvalue weighted by molar-refractivity contribution is 0.0453. The quantitative estimate of drug-likeness (QED) is 0.873. The molecule has 1 atom stereocenters.